The Morgan fingerprint density at radius 3 is 2.57 bits per heavy atom. The van der Waals surface area contributed by atoms with Crippen molar-refractivity contribution in [2.75, 3.05) is 18.6 Å². The second-order valence-electron chi connectivity index (χ2n) is 4.96. The Bertz CT molecular complexity index is 664. The van der Waals surface area contributed by atoms with Crippen LogP contribution in [0.4, 0.5) is 5.69 Å². The molecule has 1 aliphatic rings. The lowest BCUT2D eigenvalue weighted by Gasteiger charge is -2.34. The maximum atomic E-state index is 12.5. The molecule has 21 heavy (non-hydrogen) atoms. The van der Waals surface area contributed by atoms with E-state index < -0.39 is 0 Å². The number of ether oxygens (including phenoxy) is 1. The van der Waals surface area contributed by atoms with Crippen LogP contribution in [0.1, 0.15) is 15.9 Å². The van der Waals surface area contributed by atoms with Crippen molar-refractivity contribution in [2.45, 2.75) is 6.23 Å². The number of para-hydroxylation sites is 1. The van der Waals surface area contributed by atoms with Crippen LogP contribution < -0.4 is 4.90 Å². The number of anilines is 1. The lowest BCUT2D eigenvalue weighted by Crippen LogP contribution is -2.41. The maximum Gasteiger partial charge on any atom is 0.182 e. The van der Waals surface area contributed by atoms with Gasteiger partial charge in [-0.25, -0.2) is 0 Å². The summed E-state index contributed by atoms with van der Waals surface area (Å²) in [6.07, 6.45) is 3.79. The van der Waals surface area contributed by atoms with Gasteiger partial charge in [-0.05, 0) is 17.7 Å². The molecular weight excluding hydrogens is 262 g/mol. The Labute approximate surface area is 124 Å². The molecule has 0 saturated heterocycles. The van der Waals surface area contributed by atoms with Crippen molar-refractivity contribution >= 4 is 17.5 Å². The van der Waals surface area contributed by atoms with Crippen LogP contribution >= 0.6 is 0 Å². The van der Waals surface area contributed by atoms with E-state index in [1.807, 2.05) is 71.6 Å². The number of carbonyl (C=O) groups is 1. The van der Waals surface area contributed by atoms with E-state index in [4.69, 9.17) is 4.74 Å². The summed E-state index contributed by atoms with van der Waals surface area (Å²) in [6, 6.07) is 17.4. The average molecular weight is 279 g/mol. The van der Waals surface area contributed by atoms with Crippen molar-refractivity contribution in [1.82, 2.24) is 0 Å². The Kier molecular flexibility index (Phi) is 3.84. The van der Waals surface area contributed by atoms with Crippen LogP contribution in [0.2, 0.25) is 0 Å². The average Bonchev–Trinajstić information content (AvgIpc) is 2.56. The van der Waals surface area contributed by atoms with Gasteiger partial charge in [0.1, 0.15) is 6.23 Å². The van der Waals surface area contributed by atoms with Crippen molar-refractivity contribution in [1.29, 1.82) is 0 Å². The number of hydrogen-bond acceptors (Lipinski definition) is 3. The van der Waals surface area contributed by atoms with Crippen molar-refractivity contribution < 1.29 is 9.53 Å². The quantitative estimate of drug-likeness (QED) is 0.804. The Morgan fingerprint density at radius 1 is 1.10 bits per heavy atom. The van der Waals surface area contributed by atoms with Gasteiger partial charge in [-0.3, -0.25) is 4.79 Å². The molecule has 106 valence electrons. The van der Waals surface area contributed by atoms with Gasteiger partial charge in [0.05, 0.1) is 6.54 Å². The van der Waals surface area contributed by atoms with Crippen molar-refractivity contribution in [3.05, 3.63) is 71.8 Å². The first-order valence-electron chi connectivity index (χ1n) is 6.94. The van der Waals surface area contributed by atoms with E-state index in [0.717, 1.165) is 16.8 Å². The van der Waals surface area contributed by atoms with Crippen LogP contribution in [0.5, 0.6) is 0 Å². The zero-order valence-corrected chi connectivity index (χ0v) is 11.9. The van der Waals surface area contributed by atoms with E-state index in [9.17, 15) is 4.79 Å². The lowest BCUT2D eigenvalue weighted by molar-refractivity contribution is 0.0957. The molecule has 0 radical (unpaired) electrons. The molecule has 0 saturated carbocycles. The molecule has 1 aliphatic heterocycles. The van der Waals surface area contributed by atoms with E-state index in [2.05, 4.69) is 0 Å². The number of ketones is 1. The Morgan fingerprint density at radius 2 is 1.81 bits per heavy atom. The van der Waals surface area contributed by atoms with E-state index >= 15 is 0 Å². The van der Waals surface area contributed by atoms with Gasteiger partial charge in [0.15, 0.2) is 5.78 Å². The predicted octanol–water partition coefficient (Wildman–Crippen LogP) is 3.38. The van der Waals surface area contributed by atoms with Crippen LogP contribution in [0.25, 0.3) is 6.08 Å². The number of methoxy groups -OCH3 is 1. The van der Waals surface area contributed by atoms with Crippen LogP contribution in [0.3, 0.4) is 0 Å². The molecule has 0 spiro atoms. The SMILES string of the molecule is COC1C=Cc2ccccc2N1CC(=O)c1ccccc1. The largest absolute Gasteiger partial charge is 0.358 e. The van der Waals surface area contributed by atoms with Gasteiger partial charge in [-0.15, -0.1) is 0 Å². The Hall–Kier alpha value is -2.39. The third-order valence-electron chi connectivity index (χ3n) is 3.64. The minimum absolute atomic E-state index is 0.0859. The second-order valence-corrected chi connectivity index (χ2v) is 4.96. The van der Waals surface area contributed by atoms with E-state index in [1.54, 1.807) is 7.11 Å². The minimum Gasteiger partial charge on any atom is -0.358 e. The molecule has 1 heterocycles. The number of benzene rings is 2. The maximum absolute atomic E-state index is 12.5. The number of carbonyl (C=O) groups excluding carboxylic acids is 1. The van der Waals surface area contributed by atoms with Gasteiger partial charge >= 0.3 is 0 Å². The summed E-state index contributed by atoms with van der Waals surface area (Å²) in [4.78, 5) is 14.5. The van der Waals surface area contributed by atoms with Gasteiger partial charge in [-0.1, -0.05) is 54.6 Å². The number of nitrogens with zero attached hydrogens (tertiary/aromatic N) is 1. The van der Waals surface area contributed by atoms with Crippen LogP contribution in [-0.4, -0.2) is 25.7 Å². The monoisotopic (exact) mass is 279 g/mol. The van der Waals surface area contributed by atoms with Crippen molar-refractivity contribution in [2.24, 2.45) is 0 Å². The smallest absolute Gasteiger partial charge is 0.182 e. The van der Waals surface area contributed by atoms with Crippen LogP contribution in [0, 0.1) is 0 Å². The lowest BCUT2D eigenvalue weighted by atomic mass is 10.0. The van der Waals surface area contributed by atoms with Gasteiger partial charge < -0.3 is 9.64 Å². The zero-order chi connectivity index (χ0) is 14.7. The highest BCUT2D eigenvalue weighted by Gasteiger charge is 2.24. The summed E-state index contributed by atoms with van der Waals surface area (Å²) >= 11 is 0. The molecule has 2 aromatic rings. The summed E-state index contributed by atoms with van der Waals surface area (Å²) in [7, 11) is 1.66. The van der Waals surface area contributed by atoms with Crippen molar-refractivity contribution in [3.8, 4) is 0 Å². The number of fused-ring (bicyclic) bond motifs is 1. The fourth-order valence-corrected chi connectivity index (χ4v) is 2.57. The third kappa shape index (κ3) is 2.73. The van der Waals surface area contributed by atoms with Gasteiger partial charge in [0, 0.05) is 18.4 Å². The fraction of sp³-hybridized carbons (Fsp3) is 0.167. The normalized spacial score (nSPS) is 16.6. The molecule has 0 aromatic heterocycles. The first-order valence-corrected chi connectivity index (χ1v) is 6.94. The summed E-state index contributed by atoms with van der Waals surface area (Å²) in [5, 5.41) is 0. The number of Topliss-reactive ketones (excluding diaryl/α,β-unsaturated/α-hetero) is 1. The molecule has 0 aliphatic carbocycles. The molecule has 0 fully saturated rings. The number of hydrogen-bond donors (Lipinski definition) is 0. The van der Waals surface area contributed by atoms with Gasteiger partial charge in [0.25, 0.3) is 0 Å². The first kappa shape index (κ1) is 13.6. The van der Waals surface area contributed by atoms with Crippen molar-refractivity contribution in [3.63, 3.8) is 0 Å². The van der Waals surface area contributed by atoms with Crippen LogP contribution in [-0.2, 0) is 4.74 Å². The minimum atomic E-state index is -0.215. The van der Waals surface area contributed by atoms with E-state index in [-0.39, 0.29) is 12.0 Å². The second kappa shape index (κ2) is 5.94. The molecule has 3 rings (SSSR count). The first-order chi connectivity index (χ1) is 10.3. The highest BCUT2D eigenvalue weighted by molar-refractivity contribution is 5.99. The topological polar surface area (TPSA) is 29.5 Å². The standard InChI is InChI=1S/C18H17NO2/c1-21-18-12-11-14-7-5-6-10-16(14)19(18)13-17(20)15-8-3-2-4-9-15/h2-12,18H,13H2,1H3. The van der Waals surface area contributed by atoms with Crippen LogP contribution in [0.15, 0.2) is 60.7 Å². The molecule has 3 nitrogen and oxygen atoms in total. The molecule has 2 aromatic carbocycles. The van der Waals surface area contributed by atoms with Gasteiger partial charge in [-0.2, -0.15) is 0 Å². The number of rotatable bonds is 4. The predicted molar refractivity (Wildman–Crippen MR) is 84.4 cm³/mol. The van der Waals surface area contributed by atoms with E-state index in [1.165, 1.54) is 0 Å². The Balaban J connectivity index is 1.89. The summed E-state index contributed by atoms with van der Waals surface area (Å²) in [5.41, 5.74) is 2.85. The molecule has 1 unspecified atom stereocenters. The third-order valence-corrected chi connectivity index (χ3v) is 3.64. The summed E-state index contributed by atoms with van der Waals surface area (Å²) in [6.45, 7) is 0.296. The zero-order valence-electron chi connectivity index (χ0n) is 11.9. The summed E-state index contributed by atoms with van der Waals surface area (Å²) in [5.74, 6) is 0.0859. The highest BCUT2D eigenvalue weighted by atomic mass is 16.5. The highest BCUT2D eigenvalue weighted by Crippen LogP contribution is 2.29. The molecular formula is C18H17NO2. The summed E-state index contributed by atoms with van der Waals surface area (Å²) < 4.78 is 5.48. The van der Waals surface area contributed by atoms with E-state index in [0.29, 0.717) is 6.54 Å². The fourth-order valence-electron chi connectivity index (χ4n) is 2.57. The molecule has 0 bridgehead atoms. The molecule has 3 heteroatoms. The molecule has 1 atom stereocenters. The van der Waals surface area contributed by atoms with Gasteiger partial charge in [0.2, 0.25) is 0 Å². The molecule has 0 N–H and O–H groups in total. The molecule has 0 amide bonds.